The highest BCUT2D eigenvalue weighted by Gasteiger charge is 2.36. The third-order valence-electron chi connectivity index (χ3n) is 6.46. The van der Waals surface area contributed by atoms with Gasteiger partial charge in [-0.3, -0.25) is 4.79 Å². The van der Waals surface area contributed by atoms with E-state index in [2.05, 4.69) is 41.8 Å². The van der Waals surface area contributed by atoms with E-state index in [9.17, 15) is 9.90 Å². The summed E-state index contributed by atoms with van der Waals surface area (Å²) in [5.41, 5.74) is 6.52. The zero-order valence-corrected chi connectivity index (χ0v) is 19.2. The van der Waals surface area contributed by atoms with E-state index in [1.54, 1.807) is 12.1 Å². The first-order valence-electron chi connectivity index (χ1n) is 11.0. The summed E-state index contributed by atoms with van der Waals surface area (Å²) >= 11 is 6.31. The molecule has 0 bridgehead atoms. The van der Waals surface area contributed by atoms with Crippen LogP contribution in [0.4, 0.5) is 11.4 Å². The van der Waals surface area contributed by atoms with E-state index in [-0.39, 0.29) is 28.2 Å². The van der Waals surface area contributed by atoms with E-state index in [0.717, 1.165) is 29.1 Å². The fraction of sp³-hybridized carbons (Fsp3) is 0.222. The Morgan fingerprint density at radius 3 is 2.45 bits per heavy atom. The van der Waals surface area contributed by atoms with Crippen molar-refractivity contribution in [3.63, 3.8) is 0 Å². The molecule has 0 spiro atoms. The Balaban J connectivity index is 1.63. The molecule has 3 aromatic rings. The van der Waals surface area contributed by atoms with Crippen LogP contribution in [0.2, 0.25) is 5.02 Å². The van der Waals surface area contributed by atoms with Crippen molar-refractivity contribution in [1.82, 2.24) is 0 Å². The average Bonchev–Trinajstić information content (AvgIpc) is 2.98. The number of phenolic OH excluding ortho intramolecular Hbond substituents is 1. The zero-order valence-electron chi connectivity index (χ0n) is 18.5. The van der Waals surface area contributed by atoms with Crippen LogP contribution in [0.1, 0.15) is 41.5 Å². The number of para-hydroxylation sites is 2. The minimum absolute atomic E-state index is 0.0859. The maximum atomic E-state index is 13.6. The van der Waals surface area contributed by atoms with Gasteiger partial charge in [-0.2, -0.15) is 0 Å². The number of rotatable bonds is 3. The second kappa shape index (κ2) is 8.49. The van der Waals surface area contributed by atoms with Gasteiger partial charge in [-0.05, 0) is 54.7 Å². The molecule has 0 saturated heterocycles. The number of hydrogen-bond acceptors (Lipinski definition) is 5. The minimum Gasteiger partial charge on any atom is -0.503 e. The molecular formula is C27H25ClN2O3. The van der Waals surface area contributed by atoms with Crippen molar-refractivity contribution in [2.45, 2.75) is 31.7 Å². The number of Topliss-reactive ketones (excluding diaryl/α,β-unsaturated/α-hetero) is 1. The summed E-state index contributed by atoms with van der Waals surface area (Å²) in [6, 6.07) is 19.3. The molecular weight excluding hydrogens is 436 g/mol. The van der Waals surface area contributed by atoms with Gasteiger partial charge < -0.3 is 20.5 Å². The molecule has 0 amide bonds. The van der Waals surface area contributed by atoms with Gasteiger partial charge in [-0.1, -0.05) is 53.6 Å². The third-order valence-corrected chi connectivity index (χ3v) is 6.75. The largest absolute Gasteiger partial charge is 0.503 e. The lowest BCUT2D eigenvalue weighted by atomic mass is 9.78. The maximum absolute atomic E-state index is 13.6. The van der Waals surface area contributed by atoms with Gasteiger partial charge in [0, 0.05) is 17.7 Å². The first kappa shape index (κ1) is 21.4. The number of aryl methyl sites for hydroxylation is 1. The van der Waals surface area contributed by atoms with Crippen LogP contribution in [0.5, 0.6) is 11.5 Å². The van der Waals surface area contributed by atoms with Crippen molar-refractivity contribution in [3.8, 4) is 11.5 Å². The number of halogens is 1. The molecule has 6 heteroatoms. The number of allylic oxidation sites excluding steroid dienone is 1. The molecule has 0 fully saturated rings. The molecule has 168 valence electrons. The normalized spacial score (nSPS) is 19.7. The van der Waals surface area contributed by atoms with E-state index < -0.39 is 6.04 Å². The van der Waals surface area contributed by atoms with Gasteiger partial charge >= 0.3 is 0 Å². The van der Waals surface area contributed by atoms with E-state index >= 15 is 0 Å². The van der Waals surface area contributed by atoms with Crippen LogP contribution in [0, 0.1) is 6.92 Å². The molecule has 5 nitrogen and oxygen atoms in total. The van der Waals surface area contributed by atoms with Gasteiger partial charge in [0.25, 0.3) is 0 Å². The predicted molar refractivity (Wildman–Crippen MR) is 131 cm³/mol. The Hall–Kier alpha value is -3.44. The maximum Gasteiger partial charge on any atom is 0.176 e. The van der Waals surface area contributed by atoms with Gasteiger partial charge in [-0.25, -0.2) is 0 Å². The molecule has 0 radical (unpaired) electrons. The molecule has 3 N–H and O–H groups in total. The molecule has 3 aromatic carbocycles. The Bertz CT molecular complexity index is 1270. The van der Waals surface area contributed by atoms with E-state index in [1.807, 2.05) is 24.3 Å². The van der Waals surface area contributed by atoms with Crippen molar-refractivity contribution < 1.29 is 14.6 Å². The molecule has 5 rings (SSSR count). The Kier molecular flexibility index (Phi) is 5.51. The fourth-order valence-corrected chi connectivity index (χ4v) is 4.95. The minimum atomic E-state index is -0.436. The standard InChI is InChI=1S/C27H25ClN2O3/c1-15-7-9-16(10-8-15)17-12-22-25(23(31)13-17)26(30-21-6-4-3-5-20(21)29-22)18-11-19(28)27(32)24(14-18)33-2/h3-11,14,17,26,29-30,32H,12-13H2,1-2H3/t17-,26-/m0/s1. The molecule has 1 heterocycles. The van der Waals surface area contributed by atoms with Crippen molar-refractivity contribution in [3.05, 3.63) is 93.6 Å². The number of carbonyl (C=O) groups excluding carboxylic acids is 1. The van der Waals surface area contributed by atoms with Gasteiger partial charge in [0.15, 0.2) is 17.3 Å². The Morgan fingerprint density at radius 1 is 1.00 bits per heavy atom. The summed E-state index contributed by atoms with van der Waals surface area (Å²) < 4.78 is 5.33. The first-order valence-corrected chi connectivity index (χ1v) is 11.3. The number of benzene rings is 3. The van der Waals surface area contributed by atoms with E-state index in [0.29, 0.717) is 12.0 Å². The number of anilines is 2. The van der Waals surface area contributed by atoms with Crippen molar-refractivity contribution in [1.29, 1.82) is 0 Å². The van der Waals surface area contributed by atoms with Crippen molar-refractivity contribution >= 4 is 28.8 Å². The molecule has 0 aromatic heterocycles. The molecule has 33 heavy (non-hydrogen) atoms. The number of ketones is 1. The highest BCUT2D eigenvalue weighted by Crippen LogP contribution is 2.46. The van der Waals surface area contributed by atoms with Crippen LogP contribution in [0.15, 0.2) is 71.9 Å². The molecule has 1 aliphatic heterocycles. The second-order valence-corrected chi connectivity index (χ2v) is 9.04. The van der Waals surface area contributed by atoms with Crippen molar-refractivity contribution in [2.24, 2.45) is 0 Å². The SMILES string of the molecule is COc1cc([C@@H]2Nc3ccccc3NC3=C2C(=O)C[C@@H](c2ccc(C)cc2)C3)cc(Cl)c1O. The number of aromatic hydroxyl groups is 1. The second-order valence-electron chi connectivity index (χ2n) is 8.63. The number of fused-ring (bicyclic) bond motifs is 1. The van der Waals surface area contributed by atoms with Gasteiger partial charge in [0.2, 0.25) is 0 Å². The Labute approximate surface area is 198 Å². The number of methoxy groups -OCH3 is 1. The summed E-state index contributed by atoms with van der Waals surface area (Å²) in [6.45, 7) is 2.06. The topological polar surface area (TPSA) is 70.6 Å². The van der Waals surface area contributed by atoms with Crippen LogP contribution in [0.25, 0.3) is 0 Å². The molecule has 0 saturated carbocycles. The van der Waals surface area contributed by atoms with Crippen LogP contribution < -0.4 is 15.4 Å². The lowest BCUT2D eigenvalue weighted by molar-refractivity contribution is -0.116. The smallest absolute Gasteiger partial charge is 0.176 e. The molecule has 2 atom stereocenters. The van der Waals surface area contributed by atoms with Crippen molar-refractivity contribution in [2.75, 3.05) is 17.7 Å². The number of phenols is 1. The number of hydrogen-bond donors (Lipinski definition) is 3. The summed E-state index contributed by atoms with van der Waals surface area (Å²) in [5.74, 6) is 0.349. The zero-order chi connectivity index (χ0) is 23.1. The highest BCUT2D eigenvalue weighted by atomic mass is 35.5. The van der Waals surface area contributed by atoms with E-state index in [1.165, 1.54) is 18.2 Å². The van der Waals surface area contributed by atoms with Crippen LogP contribution in [-0.2, 0) is 4.79 Å². The fourth-order valence-electron chi connectivity index (χ4n) is 4.73. The van der Waals surface area contributed by atoms with Crippen LogP contribution in [-0.4, -0.2) is 18.0 Å². The molecule has 2 aliphatic rings. The molecule has 1 aliphatic carbocycles. The predicted octanol–water partition coefficient (Wildman–Crippen LogP) is 6.34. The summed E-state index contributed by atoms with van der Waals surface area (Å²) in [4.78, 5) is 13.6. The lowest BCUT2D eigenvalue weighted by Crippen LogP contribution is -2.27. The van der Waals surface area contributed by atoms with Gasteiger partial charge in [0.05, 0.1) is 29.5 Å². The highest BCUT2D eigenvalue weighted by molar-refractivity contribution is 6.32. The monoisotopic (exact) mass is 460 g/mol. The van der Waals surface area contributed by atoms with E-state index in [4.69, 9.17) is 16.3 Å². The lowest BCUT2D eigenvalue weighted by Gasteiger charge is -2.30. The summed E-state index contributed by atoms with van der Waals surface area (Å²) in [5, 5.41) is 17.5. The van der Waals surface area contributed by atoms with Gasteiger partial charge in [-0.15, -0.1) is 0 Å². The summed E-state index contributed by atoms with van der Waals surface area (Å²) in [6.07, 6.45) is 1.15. The Morgan fingerprint density at radius 2 is 1.73 bits per heavy atom. The number of carbonyl (C=O) groups is 1. The first-order chi connectivity index (χ1) is 15.9. The van der Waals surface area contributed by atoms with Crippen LogP contribution >= 0.6 is 11.6 Å². The average molecular weight is 461 g/mol. The van der Waals surface area contributed by atoms with Gasteiger partial charge in [0.1, 0.15) is 0 Å². The summed E-state index contributed by atoms with van der Waals surface area (Å²) in [7, 11) is 1.48. The quantitative estimate of drug-likeness (QED) is 0.425. The molecule has 0 unspecified atom stereocenters. The number of nitrogens with one attached hydrogen (secondary N) is 2. The number of ether oxygens (including phenoxy) is 1. The third kappa shape index (κ3) is 3.93. The van der Waals surface area contributed by atoms with Crippen LogP contribution in [0.3, 0.4) is 0 Å².